The molecule has 21 heavy (non-hydrogen) atoms. The monoisotopic (exact) mass is 349 g/mol. The third-order valence-electron chi connectivity index (χ3n) is 5.09. The molecule has 2 fully saturated rings. The molecule has 2 saturated carbocycles. The summed E-state index contributed by atoms with van der Waals surface area (Å²) in [5, 5.41) is 0.875. The number of carbonyl (C=O) groups is 1. The molecule has 0 unspecified atom stereocenters. The lowest BCUT2D eigenvalue weighted by Crippen LogP contribution is -2.47. The van der Waals surface area contributed by atoms with Crippen LogP contribution in [0.2, 0.25) is 0 Å². The Bertz CT molecular complexity index is 477. The van der Waals surface area contributed by atoms with E-state index in [0.29, 0.717) is 11.9 Å². The highest BCUT2D eigenvalue weighted by atomic mass is 79.9. The van der Waals surface area contributed by atoms with Gasteiger partial charge in [0.25, 0.3) is 0 Å². The van der Waals surface area contributed by atoms with Crippen molar-refractivity contribution in [2.45, 2.75) is 56.4 Å². The van der Waals surface area contributed by atoms with Crippen LogP contribution in [0.3, 0.4) is 0 Å². The van der Waals surface area contributed by atoms with Gasteiger partial charge in [-0.25, -0.2) is 0 Å². The molecular formula is C18H24BrNO. The van der Waals surface area contributed by atoms with Gasteiger partial charge in [-0.3, -0.25) is 4.79 Å². The van der Waals surface area contributed by atoms with Gasteiger partial charge in [0.15, 0.2) is 0 Å². The molecule has 1 amide bonds. The number of halogens is 1. The van der Waals surface area contributed by atoms with Crippen molar-refractivity contribution in [3.63, 3.8) is 0 Å². The van der Waals surface area contributed by atoms with E-state index in [2.05, 4.69) is 45.1 Å². The highest BCUT2D eigenvalue weighted by Gasteiger charge is 2.53. The molecule has 0 saturated heterocycles. The van der Waals surface area contributed by atoms with Gasteiger partial charge in [0.2, 0.25) is 5.91 Å². The maximum Gasteiger partial charge on any atom is 0.233 e. The number of hydrogen-bond donors (Lipinski definition) is 0. The molecule has 0 aromatic heterocycles. The minimum absolute atomic E-state index is 0.207. The largest absolute Gasteiger partial charge is 0.338 e. The first-order chi connectivity index (χ1) is 10.3. The second kappa shape index (κ2) is 6.51. The normalized spacial score (nSPS) is 21.0. The molecular weight excluding hydrogens is 326 g/mol. The Morgan fingerprint density at radius 3 is 2.38 bits per heavy atom. The fourth-order valence-electron chi connectivity index (χ4n) is 3.72. The molecule has 3 rings (SSSR count). The quantitative estimate of drug-likeness (QED) is 0.726. The van der Waals surface area contributed by atoms with E-state index in [1.54, 1.807) is 0 Å². The molecule has 1 aromatic rings. The van der Waals surface area contributed by atoms with Crippen LogP contribution in [-0.2, 0) is 10.2 Å². The Balaban J connectivity index is 1.80. The first-order valence-corrected chi connectivity index (χ1v) is 9.33. The Kier molecular flexibility index (Phi) is 4.68. The first kappa shape index (κ1) is 15.1. The minimum Gasteiger partial charge on any atom is -0.338 e. The zero-order valence-electron chi connectivity index (χ0n) is 12.6. The smallest absolute Gasteiger partial charge is 0.233 e. The van der Waals surface area contributed by atoms with Gasteiger partial charge >= 0.3 is 0 Å². The summed E-state index contributed by atoms with van der Waals surface area (Å²) in [6, 6.07) is 10.8. The fraction of sp³-hybridized carbons (Fsp3) is 0.611. The predicted octanol–water partition coefficient (Wildman–Crippen LogP) is 4.27. The molecule has 0 atom stereocenters. The Morgan fingerprint density at radius 2 is 1.81 bits per heavy atom. The molecule has 0 aliphatic heterocycles. The average molecular weight is 350 g/mol. The van der Waals surface area contributed by atoms with Gasteiger partial charge in [-0.05, 0) is 31.2 Å². The molecule has 0 N–H and O–H groups in total. The summed E-state index contributed by atoms with van der Waals surface area (Å²) >= 11 is 3.53. The number of rotatable bonds is 5. The Hall–Kier alpha value is -0.830. The van der Waals surface area contributed by atoms with Gasteiger partial charge in [0.1, 0.15) is 0 Å². The van der Waals surface area contributed by atoms with Crippen molar-refractivity contribution < 1.29 is 4.79 Å². The summed E-state index contributed by atoms with van der Waals surface area (Å²) in [5.41, 5.74) is 1.01. The highest BCUT2D eigenvalue weighted by molar-refractivity contribution is 9.09. The lowest BCUT2D eigenvalue weighted by Gasteiger charge is -2.36. The first-order valence-electron chi connectivity index (χ1n) is 8.20. The van der Waals surface area contributed by atoms with Crippen molar-refractivity contribution in [1.82, 2.24) is 4.90 Å². The number of amides is 1. The van der Waals surface area contributed by atoms with Crippen molar-refractivity contribution in [3.8, 4) is 0 Å². The third kappa shape index (κ3) is 3.03. The standard InChI is InChI=1S/C18H24BrNO/c19-13-14-20(16-9-5-2-6-10-16)17(21)18(11-12-18)15-7-3-1-4-8-15/h1,3-4,7-8,16H,2,5-6,9-14H2. The fourth-order valence-corrected chi connectivity index (χ4v) is 4.10. The summed E-state index contributed by atoms with van der Waals surface area (Å²) in [4.78, 5) is 15.4. The second-order valence-electron chi connectivity index (χ2n) is 6.43. The van der Waals surface area contributed by atoms with E-state index in [1.807, 2.05) is 6.07 Å². The molecule has 1 aromatic carbocycles. The van der Waals surface area contributed by atoms with Crippen LogP contribution in [-0.4, -0.2) is 28.7 Å². The van der Waals surface area contributed by atoms with E-state index in [1.165, 1.54) is 37.7 Å². The maximum atomic E-state index is 13.2. The van der Waals surface area contributed by atoms with Crippen LogP contribution in [0.4, 0.5) is 0 Å². The van der Waals surface area contributed by atoms with Crippen molar-refractivity contribution in [1.29, 1.82) is 0 Å². The van der Waals surface area contributed by atoms with Gasteiger partial charge in [-0.15, -0.1) is 0 Å². The van der Waals surface area contributed by atoms with Crippen molar-refractivity contribution in [2.24, 2.45) is 0 Å². The topological polar surface area (TPSA) is 20.3 Å². The van der Waals surface area contributed by atoms with Gasteiger partial charge in [-0.2, -0.15) is 0 Å². The molecule has 2 nitrogen and oxygen atoms in total. The Morgan fingerprint density at radius 1 is 1.14 bits per heavy atom. The van der Waals surface area contributed by atoms with Crippen LogP contribution in [0, 0.1) is 0 Å². The van der Waals surface area contributed by atoms with Crippen molar-refractivity contribution in [2.75, 3.05) is 11.9 Å². The maximum absolute atomic E-state index is 13.2. The van der Waals surface area contributed by atoms with Gasteiger partial charge in [-0.1, -0.05) is 65.5 Å². The van der Waals surface area contributed by atoms with Crippen LogP contribution >= 0.6 is 15.9 Å². The lowest BCUT2D eigenvalue weighted by molar-refractivity contribution is -0.136. The van der Waals surface area contributed by atoms with Gasteiger partial charge in [0, 0.05) is 17.9 Å². The van der Waals surface area contributed by atoms with Crippen LogP contribution < -0.4 is 0 Å². The summed E-state index contributed by atoms with van der Waals surface area (Å²) in [6.45, 7) is 0.845. The molecule has 0 heterocycles. The number of carbonyl (C=O) groups excluding carboxylic acids is 1. The lowest BCUT2D eigenvalue weighted by atomic mass is 9.90. The van der Waals surface area contributed by atoms with Gasteiger partial charge < -0.3 is 4.90 Å². The highest BCUT2D eigenvalue weighted by Crippen LogP contribution is 2.50. The van der Waals surface area contributed by atoms with Gasteiger partial charge in [0.05, 0.1) is 5.41 Å². The van der Waals surface area contributed by atoms with Crippen LogP contribution in [0.5, 0.6) is 0 Å². The molecule has 2 aliphatic rings. The zero-order chi connectivity index (χ0) is 14.7. The summed E-state index contributed by atoms with van der Waals surface area (Å²) in [6.07, 6.45) is 8.27. The molecule has 0 radical (unpaired) electrons. The Labute approximate surface area is 136 Å². The molecule has 0 bridgehead atoms. The van der Waals surface area contributed by atoms with E-state index in [0.717, 1.165) is 24.7 Å². The number of benzene rings is 1. The van der Waals surface area contributed by atoms with E-state index in [-0.39, 0.29) is 5.41 Å². The van der Waals surface area contributed by atoms with Crippen LogP contribution in [0.1, 0.15) is 50.5 Å². The number of nitrogens with zero attached hydrogens (tertiary/aromatic N) is 1. The minimum atomic E-state index is -0.207. The summed E-state index contributed by atoms with van der Waals surface area (Å²) in [5.74, 6) is 0.375. The van der Waals surface area contributed by atoms with Crippen LogP contribution in [0.25, 0.3) is 0 Å². The van der Waals surface area contributed by atoms with E-state index < -0.39 is 0 Å². The SMILES string of the molecule is O=C(N(CCBr)C1CCCCC1)C1(c2ccccc2)CC1. The van der Waals surface area contributed by atoms with Crippen molar-refractivity contribution in [3.05, 3.63) is 35.9 Å². The third-order valence-corrected chi connectivity index (χ3v) is 5.44. The number of alkyl halides is 1. The average Bonchev–Trinajstić information content (AvgIpc) is 3.35. The molecule has 3 heteroatoms. The summed E-state index contributed by atoms with van der Waals surface area (Å²) < 4.78 is 0. The van der Waals surface area contributed by atoms with E-state index >= 15 is 0 Å². The molecule has 2 aliphatic carbocycles. The van der Waals surface area contributed by atoms with Crippen molar-refractivity contribution >= 4 is 21.8 Å². The van der Waals surface area contributed by atoms with Crippen LogP contribution in [0.15, 0.2) is 30.3 Å². The summed E-state index contributed by atoms with van der Waals surface area (Å²) in [7, 11) is 0. The number of hydrogen-bond acceptors (Lipinski definition) is 1. The van der Waals surface area contributed by atoms with E-state index in [9.17, 15) is 4.79 Å². The second-order valence-corrected chi connectivity index (χ2v) is 7.22. The molecule has 114 valence electrons. The predicted molar refractivity (Wildman–Crippen MR) is 89.7 cm³/mol. The molecule has 0 spiro atoms. The zero-order valence-corrected chi connectivity index (χ0v) is 14.1. The van der Waals surface area contributed by atoms with E-state index in [4.69, 9.17) is 0 Å².